The maximum absolute atomic E-state index is 12.4. The SMILES string of the molecule is [N-]=[N+]=Nc1nc(N=[N+]=[N-])c2ncn(COC(COC(=O)c3ccccc3)COC(=O)c3ccccc3)c2n1. The van der Waals surface area contributed by atoms with Gasteiger partial charge in [-0.2, -0.15) is 0 Å². The normalized spacial score (nSPS) is 10.4. The highest BCUT2D eigenvalue weighted by Gasteiger charge is 2.19. The van der Waals surface area contributed by atoms with E-state index in [9.17, 15) is 9.59 Å². The summed E-state index contributed by atoms with van der Waals surface area (Å²) in [6.45, 7) is -0.647. The lowest BCUT2D eigenvalue weighted by Gasteiger charge is -2.18. The van der Waals surface area contributed by atoms with Gasteiger partial charge in [0.1, 0.15) is 31.6 Å². The molecule has 0 aliphatic heterocycles. The van der Waals surface area contributed by atoms with Crippen molar-refractivity contribution >= 4 is 34.9 Å². The zero-order valence-corrected chi connectivity index (χ0v) is 19.6. The van der Waals surface area contributed by atoms with Crippen LogP contribution in [-0.4, -0.2) is 50.8 Å². The van der Waals surface area contributed by atoms with Crippen LogP contribution in [0.15, 0.2) is 77.2 Å². The van der Waals surface area contributed by atoms with Crippen molar-refractivity contribution in [2.45, 2.75) is 12.8 Å². The number of carbonyl (C=O) groups is 2. The van der Waals surface area contributed by atoms with E-state index in [4.69, 9.17) is 25.3 Å². The van der Waals surface area contributed by atoms with E-state index in [0.29, 0.717) is 11.1 Å². The van der Waals surface area contributed by atoms with Crippen molar-refractivity contribution < 1.29 is 23.8 Å². The van der Waals surface area contributed by atoms with Gasteiger partial charge in [0.05, 0.1) is 17.5 Å². The molecule has 15 nitrogen and oxygen atoms in total. The number of nitrogens with zero attached hydrogens (tertiary/aromatic N) is 10. The van der Waals surface area contributed by atoms with Crippen LogP contribution in [0.5, 0.6) is 0 Å². The fourth-order valence-electron chi connectivity index (χ4n) is 3.19. The van der Waals surface area contributed by atoms with Gasteiger partial charge in [-0.1, -0.05) is 36.4 Å². The topological polar surface area (TPSA) is 203 Å². The third kappa shape index (κ3) is 6.38. The average Bonchev–Trinajstić information content (AvgIpc) is 3.36. The average molecular weight is 514 g/mol. The number of azide groups is 2. The fourth-order valence-corrected chi connectivity index (χ4v) is 3.19. The number of benzene rings is 2. The first-order valence-electron chi connectivity index (χ1n) is 11.0. The van der Waals surface area contributed by atoms with Gasteiger partial charge >= 0.3 is 11.9 Å². The second-order valence-electron chi connectivity index (χ2n) is 7.46. The van der Waals surface area contributed by atoms with E-state index in [1.807, 2.05) is 0 Å². The van der Waals surface area contributed by atoms with Crippen molar-refractivity contribution in [2.24, 2.45) is 10.2 Å². The van der Waals surface area contributed by atoms with Crippen LogP contribution in [0.3, 0.4) is 0 Å². The molecular weight excluding hydrogens is 496 g/mol. The fraction of sp³-hybridized carbons (Fsp3) is 0.174. The molecule has 0 amide bonds. The molecule has 2 heterocycles. The molecule has 0 atom stereocenters. The molecule has 4 rings (SSSR count). The smallest absolute Gasteiger partial charge is 0.338 e. The second-order valence-corrected chi connectivity index (χ2v) is 7.46. The molecule has 2 aromatic carbocycles. The molecule has 190 valence electrons. The molecule has 0 spiro atoms. The van der Waals surface area contributed by atoms with E-state index in [0.717, 1.165) is 0 Å². The molecule has 15 heteroatoms. The summed E-state index contributed by atoms with van der Waals surface area (Å²) < 4.78 is 18.0. The number of carbonyl (C=O) groups excluding carboxylic acids is 2. The third-order valence-electron chi connectivity index (χ3n) is 4.98. The van der Waals surface area contributed by atoms with Crippen LogP contribution in [-0.2, 0) is 20.9 Å². The maximum Gasteiger partial charge on any atom is 0.338 e. The molecule has 0 bridgehead atoms. The number of fused-ring (bicyclic) bond motifs is 1. The highest BCUT2D eigenvalue weighted by Crippen LogP contribution is 2.24. The van der Waals surface area contributed by atoms with Gasteiger partial charge in [-0.15, -0.1) is 0 Å². The van der Waals surface area contributed by atoms with Gasteiger partial charge in [-0.3, -0.25) is 4.57 Å². The quantitative estimate of drug-likeness (QED) is 0.118. The predicted molar refractivity (Wildman–Crippen MR) is 131 cm³/mol. The monoisotopic (exact) mass is 514 g/mol. The number of hydrogen-bond acceptors (Lipinski definition) is 10. The van der Waals surface area contributed by atoms with Crippen molar-refractivity contribution in [1.82, 2.24) is 19.5 Å². The summed E-state index contributed by atoms with van der Waals surface area (Å²) in [6, 6.07) is 16.8. The molecule has 0 saturated heterocycles. The van der Waals surface area contributed by atoms with Crippen LogP contribution in [0, 0.1) is 0 Å². The molecule has 0 unspecified atom stereocenters. The van der Waals surface area contributed by atoms with Crippen LogP contribution < -0.4 is 0 Å². The standard InChI is InChI=1S/C23H18N10O5/c24-31-29-19-18-20(28-23(27-19)30-32-25)33(13-26-18)14-38-17(11-36-21(34)15-7-3-1-4-8-15)12-37-22(35)16-9-5-2-6-10-16/h1-10,13,17H,11-12,14H2. The highest BCUT2D eigenvalue weighted by molar-refractivity contribution is 5.90. The first kappa shape index (κ1) is 25.6. The van der Waals surface area contributed by atoms with Crippen LogP contribution in [0.2, 0.25) is 0 Å². The molecule has 0 aliphatic rings. The molecular formula is C23H18N10O5. The Hall–Kier alpha value is -5.49. The summed E-state index contributed by atoms with van der Waals surface area (Å²) in [4.78, 5) is 42.3. The van der Waals surface area contributed by atoms with Gasteiger partial charge in [-0.05, 0) is 45.6 Å². The zero-order chi connectivity index (χ0) is 26.7. The zero-order valence-electron chi connectivity index (χ0n) is 19.6. The number of ether oxygens (including phenoxy) is 3. The van der Waals surface area contributed by atoms with Gasteiger partial charge in [0, 0.05) is 9.82 Å². The Morgan fingerprint density at radius 2 is 1.45 bits per heavy atom. The lowest BCUT2D eigenvalue weighted by molar-refractivity contribution is -0.0616. The maximum atomic E-state index is 12.4. The predicted octanol–water partition coefficient (Wildman–Crippen LogP) is 4.77. The minimum absolute atomic E-state index is 0.135. The molecule has 0 fully saturated rings. The summed E-state index contributed by atoms with van der Waals surface area (Å²) in [5.74, 6) is -1.57. The van der Waals surface area contributed by atoms with Gasteiger partial charge in [-0.25, -0.2) is 24.5 Å². The Kier molecular flexibility index (Phi) is 8.40. The lowest BCUT2D eigenvalue weighted by atomic mass is 10.2. The number of aromatic nitrogens is 4. The Balaban J connectivity index is 1.51. The summed E-state index contributed by atoms with van der Waals surface area (Å²) in [6.07, 6.45) is 0.473. The molecule has 0 saturated carbocycles. The third-order valence-corrected chi connectivity index (χ3v) is 4.98. The van der Waals surface area contributed by atoms with Crippen molar-refractivity contribution in [1.29, 1.82) is 0 Å². The Morgan fingerprint density at radius 1 is 0.868 bits per heavy atom. The van der Waals surface area contributed by atoms with E-state index in [1.54, 1.807) is 60.7 Å². The Morgan fingerprint density at radius 3 is 2.00 bits per heavy atom. The molecule has 2 aromatic heterocycles. The molecule has 38 heavy (non-hydrogen) atoms. The van der Waals surface area contributed by atoms with Gasteiger partial charge in [0.15, 0.2) is 11.5 Å². The molecule has 0 aliphatic carbocycles. The number of hydrogen-bond donors (Lipinski definition) is 0. The number of rotatable bonds is 11. The Labute approximate surface area is 213 Å². The van der Waals surface area contributed by atoms with Crippen molar-refractivity contribution in [3.05, 3.63) is 99.0 Å². The largest absolute Gasteiger partial charge is 0.459 e. The van der Waals surface area contributed by atoms with E-state index >= 15 is 0 Å². The number of esters is 2. The van der Waals surface area contributed by atoms with Gasteiger partial charge < -0.3 is 14.2 Å². The van der Waals surface area contributed by atoms with Crippen molar-refractivity contribution in [3.8, 4) is 0 Å². The lowest BCUT2D eigenvalue weighted by Crippen LogP contribution is -2.29. The summed E-state index contributed by atoms with van der Waals surface area (Å²) in [5, 5.41) is 6.81. The first-order valence-corrected chi connectivity index (χ1v) is 11.0. The van der Waals surface area contributed by atoms with E-state index < -0.39 is 18.0 Å². The van der Waals surface area contributed by atoms with E-state index in [1.165, 1.54) is 10.9 Å². The summed E-state index contributed by atoms with van der Waals surface area (Å²) in [7, 11) is 0. The summed E-state index contributed by atoms with van der Waals surface area (Å²) in [5.41, 5.74) is 18.5. The van der Waals surface area contributed by atoms with Gasteiger partial charge in [0.2, 0.25) is 5.95 Å². The van der Waals surface area contributed by atoms with Crippen molar-refractivity contribution in [2.75, 3.05) is 13.2 Å². The van der Waals surface area contributed by atoms with Crippen molar-refractivity contribution in [3.63, 3.8) is 0 Å². The molecule has 0 N–H and O–H groups in total. The minimum atomic E-state index is -0.872. The second kappa shape index (κ2) is 12.5. The minimum Gasteiger partial charge on any atom is -0.459 e. The summed E-state index contributed by atoms with van der Waals surface area (Å²) >= 11 is 0. The van der Waals surface area contributed by atoms with E-state index in [-0.39, 0.29) is 42.9 Å². The van der Waals surface area contributed by atoms with Gasteiger partial charge in [0.25, 0.3) is 0 Å². The highest BCUT2D eigenvalue weighted by atomic mass is 16.6. The molecule has 4 aromatic rings. The van der Waals surface area contributed by atoms with Crippen LogP contribution in [0.4, 0.5) is 11.8 Å². The van der Waals surface area contributed by atoms with Crippen LogP contribution >= 0.6 is 0 Å². The van der Waals surface area contributed by atoms with Crippen LogP contribution in [0.25, 0.3) is 32.0 Å². The van der Waals surface area contributed by atoms with E-state index in [2.05, 4.69) is 35.0 Å². The van der Waals surface area contributed by atoms with Crippen LogP contribution in [0.1, 0.15) is 20.7 Å². The Bertz CT molecular complexity index is 1470. The first-order chi connectivity index (χ1) is 18.6. The molecule has 0 radical (unpaired) electrons. The number of imidazole rings is 1.